The summed E-state index contributed by atoms with van der Waals surface area (Å²) >= 11 is 2.85. The summed E-state index contributed by atoms with van der Waals surface area (Å²) in [5.74, 6) is 1.14. The molecule has 0 saturated carbocycles. The number of aromatic nitrogens is 1. The van der Waals surface area contributed by atoms with Gasteiger partial charge in [-0.1, -0.05) is 37.3 Å². The second kappa shape index (κ2) is 10.6. The van der Waals surface area contributed by atoms with Crippen LogP contribution in [0.3, 0.4) is 0 Å². The van der Waals surface area contributed by atoms with E-state index in [-0.39, 0.29) is 5.56 Å². The van der Waals surface area contributed by atoms with Crippen molar-refractivity contribution in [1.29, 1.82) is 0 Å². The van der Waals surface area contributed by atoms with E-state index in [9.17, 15) is 9.59 Å². The van der Waals surface area contributed by atoms with Gasteiger partial charge >= 0.3 is 5.97 Å². The van der Waals surface area contributed by atoms with E-state index in [1.54, 1.807) is 29.9 Å². The maximum Gasteiger partial charge on any atom is 0.338 e. The van der Waals surface area contributed by atoms with Gasteiger partial charge in [0.2, 0.25) is 0 Å². The van der Waals surface area contributed by atoms with Crippen LogP contribution >= 0.6 is 22.7 Å². The summed E-state index contributed by atoms with van der Waals surface area (Å²) in [4.78, 5) is 32.5. The third-order valence-electron chi connectivity index (χ3n) is 5.70. The summed E-state index contributed by atoms with van der Waals surface area (Å²) in [5.41, 5.74) is 1.33. The number of carbonyl (C=O) groups excluding carboxylic acids is 1. The van der Waals surface area contributed by atoms with Crippen molar-refractivity contribution < 1.29 is 19.0 Å². The average molecular weight is 513 g/mol. The smallest absolute Gasteiger partial charge is 0.338 e. The molecule has 0 amide bonds. The molecule has 9 heteroatoms. The second-order valence-corrected chi connectivity index (χ2v) is 10.5. The predicted octanol–water partition coefficient (Wildman–Crippen LogP) is 3.90. The van der Waals surface area contributed by atoms with Crippen molar-refractivity contribution >= 4 is 34.7 Å². The van der Waals surface area contributed by atoms with Crippen LogP contribution in [0.2, 0.25) is 0 Å². The molecule has 7 nitrogen and oxygen atoms in total. The van der Waals surface area contributed by atoms with E-state index >= 15 is 0 Å². The number of rotatable bonds is 8. The zero-order valence-electron chi connectivity index (χ0n) is 20.4. The van der Waals surface area contributed by atoms with Crippen molar-refractivity contribution in [2.75, 3.05) is 20.8 Å². The summed E-state index contributed by atoms with van der Waals surface area (Å²) < 4.78 is 18.7. The molecular weight excluding hydrogens is 484 g/mol. The Bertz CT molecular complexity index is 1430. The maximum absolute atomic E-state index is 13.6. The fourth-order valence-corrected chi connectivity index (χ4v) is 5.66. The molecule has 1 aromatic carbocycles. The molecular formula is C26H28N2O5S2. The third kappa shape index (κ3) is 5.11. The maximum atomic E-state index is 13.6. The predicted molar refractivity (Wildman–Crippen MR) is 138 cm³/mol. The van der Waals surface area contributed by atoms with Crippen molar-refractivity contribution in [2.24, 2.45) is 10.9 Å². The van der Waals surface area contributed by atoms with Gasteiger partial charge in [0.1, 0.15) is 0 Å². The van der Waals surface area contributed by atoms with E-state index in [0.717, 1.165) is 11.3 Å². The van der Waals surface area contributed by atoms with Gasteiger partial charge in [-0.2, -0.15) is 0 Å². The minimum atomic E-state index is -0.706. The number of hydrogen-bond acceptors (Lipinski definition) is 8. The van der Waals surface area contributed by atoms with E-state index < -0.39 is 12.0 Å². The standard InChI is InChI=1S/C26H28N2O5S2/c1-15(2)10-11-33-19-9-8-17(13-20(19)31-4)23-22(25(30)32-5)16(3)27-26-28(23)24(29)21(35-26)14-18-7-6-12-34-18/h6-9,12-15,23H,10-11H2,1-5H3. The monoisotopic (exact) mass is 512 g/mol. The Balaban J connectivity index is 1.86. The van der Waals surface area contributed by atoms with Gasteiger partial charge in [0.25, 0.3) is 5.56 Å². The van der Waals surface area contributed by atoms with E-state index in [1.807, 2.05) is 41.8 Å². The van der Waals surface area contributed by atoms with E-state index in [2.05, 4.69) is 18.8 Å². The van der Waals surface area contributed by atoms with Crippen LogP contribution in [-0.4, -0.2) is 31.4 Å². The van der Waals surface area contributed by atoms with Gasteiger partial charge in [-0.25, -0.2) is 9.79 Å². The van der Waals surface area contributed by atoms with Crippen molar-refractivity contribution in [3.8, 4) is 11.5 Å². The SMILES string of the molecule is COC(=O)C1=C(C)N=c2sc(=Cc3cccs3)c(=O)n2C1c1ccc(OCCC(C)C)c(OC)c1. The van der Waals surface area contributed by atoms with Crippen LogP contribution in [0.5, 0.6) is 11.5 Å². The Kier molecular flexibility index (Phi) is 7.57. The largest absolute Gasteiger partial charge is 0.493 e. The molecule has 1 aliphatic heterocycles. The van der Waals surface area contributed by atoms with Crippen LogP contribution in [0.15, 0.2) is 56.8 Å². The summed E-state index contributed by atoms with van der Waals surface area (Å²) in [7, 11) is 2.90. The lowest BCUT2D eigenvalue weighted by Gasteiger charge is -2.25. The highest BCUT2D eigenvalue weighted by Crippen LogP contribution is 2.36. The quantitative estimate of drug-likeness (QED) is 0.428. The minimum absolute atomic E-state index is 0.211. The molecule has 4 rings (SSSR count). The number of thiazole rings is 1. The topological polar surface area (TPSA) is 79.1 Å². The molecule has 1 atom stereocenters. The van der Waals surface area contributed by atoms with Gasteiger partial charge in [-0.3, -0.25) is 9.36 Å². The van der Waals surface area contributed by atoms with Crippen molar-refractivity contribution in [3.63, 3.8) is 0 Å². The Morgan fingerprint density at radius 2 is 2.03 bits per heavy atom. The molecule has 3 heterocycles. The van der Waals surface area contributed by atoms with Gasteiger partial charge in [-0.05, 0) is 54.5 Å². The third-order valence-corrected chi connectivity index (χ3v) is 7.50. The summed E-state index contributed by atoms with van der Waals surface area (Å²) in [6.07, 6.45) is 2.77. The van der Waals surface area contributed by atoms with Crippen molar-refractivity contribution in [1.82, 2.24) is 4.57 Å². The summed E-state index contributed by atoms with van der Waals surface area (Å²) in [6.45, 7) is 6.61. The van der Waals surface area contributed by atoms with Gasteiger partial charge < -0.3 is 14.2 Å². The van der Waals surface area contributed by atoms with Crippen LogP contribution < -0.4 is 24.4 Å². The first-order valence-corrected chi connectivity index (χ1v) is 13.0. The van der Waals surface area contributed by atoms with E-state index in [0.29, 0.717) is 50.2 Å². The number of hydrogen-bond donors (Lipinski definition) is 0. The zero-order valence-corrected chi connectivity index (χ0v) is 22.0. The van der Waals surface area contributed by atoms with Crippen molar-refractivity contribution in [2.45, 2.75) is 33.2 Å². The summed E-state index contributed by atoms with van der Waals surface area (Å²) in [5, 5.41) is 1.96. The first-order chi connectivity index (χ1) is 16.8. The normalized spacial score (nSPS) is 15.7. The zero-order chi connectivity index (χ0) is 25.1. The molecule has 0 bridgehead atoms. The van der Waals surface area contributed by atoms with E-state index in [4.69, 9.17) is 14.2 Å². The lowest BCUT2D eigenvalue weighted by atomic mass is 9.95. The lowest BCUT2D eigenvalue weighted by molar-refractivity contribution is -0.136. The minimum Gasteiger partial charge on any atom is -0.493 e. The van der Waals surface area contributed by atoms with Crippen LogP contribution in [0.4, 0.5) is 0 Å². The van der Waals surface area contributed by atoms with Crippen LogP contribution in [-0.2, 0) is 9.53 Å². The van der Waals surface area contributed by atoms with Crippen LogP contribution in [0.25, 0.3) is 6.08 Å². The van der Waals surface area contributed by atoms with Crippen LogP contribution in [0.1, 0.15) is 43.7 Å². The number of nitrogens with zero attached hydrogens (tertiary/aromatic N) is 2. The molecule has 0 spiro atoms. The fraction of sp³-hybridized carbons (Fsp3) is 0.346. The number of allylic oxidation sites excluding steroid dienone is 1. The number of methoxy groups -OCH3 is 2. The van der Waals surface area contributed by atoms with Gasteiger partial charge in [0.05, 0.1) is 42.7 Å². The number of esters is 1. The van der Waals surface area contributed by atoms with E-state index in [1.165, 1.54) is 18.4 Å². The lowest BCUT2D eigenvalue weighted by Crippen LogP contribution is -2.39. The summed E-state index contributed by atoms with van der Waals surface area (Å²) in [6, 6.07) is 8.67. The molecule has 0 aliphatic carbocycles. The molecule has 0 fully saturated rings. The Morgan fingerprint density at radius 1 is 1.23 bits per heavy atom. The van der Waals surface area contributed by atoms with Gasteiger partial charge in [0.15, 0.2) is 16.3 Å². The highest BCUT2D eigenvalue weighted by atomic mass is 32.1. The van der Waals surface area contributed by atoms with Gasteiger partial charge in [-0.15, -0.1) is 11.3 Å². The highest BCUT2D eigenvalue weighted by molar-refractivity contribution is 7.11. The Hall–Kier alpha value is -3.17. The first-order valence-electron chi connectivity index (χ1n) is 11.3. The molecule has 1 aliphatic rings. The molecule has 0 radical (unpaired) electrons. The average Bonchev–Trinajstić information content (AvgIpc) is 3.45. The number of ether oxygens (including phenoxy) is 3. The molecule has 1 unspecified atom stereocenters. The number of benzene rings is 1. The molecule has 35 heavy (non-hydrogen) atoms. The fourth-order valence-electron chi connectivity index (χ4n) is 3.89. The molecule has 3 aromatic rings. The molecule has 0 N–H and O–H groups in total. The highest BCUT2D eigenvalue weighted by Gasteiger charge is 2.33. The Morgan fingerprint density at radius 3 is 2.69 bits per heavy atom. The number of carbonyl (C=O) groups is 1. The molecule has 0 saturated heterocycles. The van der Waals surface area contributed by atoms with Crippen LogP contribution in [0, 0.1) is 5.92 Å². The first kappa shape index (κ1) is 24.9. The van der Waals surface area contributed by atoms with Crippen molar-refractivity contribution in [3.05, 3.63) is 77.1 Å². The number of fused-ring (bicyclic) bond motifs is 1. The molecule has 184 valence electrons. The Labute approximate surface area is 211 Å². The van der Waals surface area contributed by atoms with Gasteiger partial charge in [0, 0.05) is 4.88 Å². The number of thiophene rings is 1. The second-order valence-electron chi connectivity index (χ2n) is 8.53. The molecule has 2 aromatic heterocycles.